The maximum atomic E-state index is 11.6. The molecule has 0 bridgehead atoms. The molecule has 2 N–H and O–H groups in total. The molecule has 0 aliphatic rings. The lowest BCUT2D eigenvalue weighted by molar-refractivity contribution is -0.142. The van der Waals surface area contributed by atoms with Crippen molar-refractivity contribution < 1.29 is 23.6 Å². The van der Waals surface area contributed by atoms with Crippen LogP contribution in [0.2, 0.25) is 0 Å². The van der Waals surface area contributed by atoms with Crippen molar-refractivity contribution in [3.8, 4) is 0 Å². The van der Waals surface area contributed by atoms with Crippen LogP contribution in [-0.2, 0) is 18.7 Å². The zero-order valence-electron chi connectivity index (χ0n) is 11.6. The Morgan fingerprint density at radius 3 is 2.53 bits per heavy atom. The van der Waals surface area contributed by atoms with Crippen molar-refractivity contribution >= 4 is 24.2 Å². The summed E-state index contributed by atoms with van der Waals surface area (Å²) < 4.78 is 15.1. The number of hydrogen-bond donors (Lipinski definition) is 2. The molecule has 0 aromatic carbocycles. The standard InChI is InChI=1S/C11H23ClNO5P/c1-4-5-6-7-17-13-10(8-9(2)3)11(14)18-19(12,15)16/h9-10,13H,4-8H2,1-3H3,(H,15,16). The predicted molar refractivity (Wildman–Crippen MR) is 73.6 cm³/mol. The van der Waals surface area contributed by atoms with Gasteiger partial charge in [-0.1, -0.05) is 33.6 Å². The molecule has 0 fully saturated rings. The maximum absolute atomic E-state index is 11.6. The molecule has 0 spiro atoms. The lowest BCUT2D eigenvalue weighted by atomic mass is 10.1. The molecule has 0 aromatic heterocycles. The Kier molecular flexibility index (Phi) is 9.66. The van der Waals surface area contributed by atoms with E-state index >= 15 is 0 Å². The fraction of sp³-hybridized carbons (Fsp3) is 0.909. The number of nitrogens with one attached hydrogen (secondary N) is 1. The molecular weight excluding hydrogens is 293 g/mol. The van der Waals surface area contributed by atoms with Gasteiger partial charge in [0.05, 0.1) is 6.61 Å². The van der Waals surface area contributed by atoms with E-state index in [2.05, 4.69) is 16.9 Å². The third kappa shape index (κ3) is 11.4. The third-order valence-corrected chi connectivity index (χ3v) is 2.88. The van der Waals surface area contributed by atoms with Crippen LogP contribution < -0.4 is 5.48 Å². The van der Waals surface area contributed by atoms with E-state index in [0.29, 0.717) is 13.0 Å². The van der Waals surface area contributed by atoms with Gasteiger partial charge in [-0.3, -0.25) is 0 Å². The summed E-state index contributed by atoms with van der Waals surface area (Å²) in [5.41, 5.74) is 2.57. The van der Waals surface area contributed by atoms with Gasteiger partial charge in [0.15, 0.2) is 0 Å². The summed E-state index contributed by atoms with van der Waals surface area (Å²) in [4.78, 5) is 25.6. The van der Waals surface area contributed by atoms with Gasteiger partial charge in [-0.05, 0) is 18.8 Å². The van der Waals surface area contributed by atoms with Crippen LogP contribution in [0.1, 0.15) is 46.5 Å². The lowest BCUT2D eigenvalue weighted by Crippen LogP contribution is -2.38. The summed E-state index contributed by atoms with van der Waals surface area (Å²) in [5, 5.41) is 0. The van der Waals surface area contributed by atoms with Crippen LogP contribution in [0.5, 0.6) is 0 Å². The molecule has 0 saturated carbocycles. The van der Waals surface area contributed by atoms with Gasteiger partial charge in [-0.15, -0.1) is 0 Å². The molecule has 0 saturated heterocycles. The largest absolute Gasteiger partial charge is 0.476 e. The van der Waals surface area contributed by atoms with Crippen LogP contribution in [0.4, 0.5) is 0 Å². The van der Waals surface area contributed by atoms with Crippen LogP contribution >= 0.6 is 18.2 Å². The number of hydroxylamine groups is 1. The molecule has 0 heterocycles. The maximum Gasteiger partial charge on any atom is 0.476 e. The van der Waals surface area contributed by atoms with Gasteiger partial charge in [0.25, 0.3) is 0 Å². The fourth-order valence-corrected chi connectivity index (χ4v) is 1.98. The molecule has 19 heavy (non-hydrogen) atoms. The Morgan fingerprint density at radius 2 is 2.05 bits per heavy atom. The highest BCUT2D eigenvalue weighted by molar-refractivity contribution is 7.80. The van der Waals surface area contributed by atoms with E-state index in [-0.39, 0.29) is 5.92 Å². The van der Waals surface area contributed by atoms with Crippen molar-refractivity contribution in [3.63, 3.8) is 0 Å². The first-order valence-corrected chi connectivity index (χ1v) is 8.87. The van der Waals surface area contributed by atoms with Crippen LogP contribution in [-0.4, -0.2) is 23.5 Å². The van der Waals surface area contributed by atoms with E-state index in [1.807, 2.05) is 13.8 Å². The molecule has 6 nitrogen and oxygen atoms in total. The Morgan fingerprint density at radius 1 is 1.42 bits per heavy atom. The molecule has 0 aromatic rings. The van der Waals surface area contributed by atoms with E-state index in [1.165, 1.54) is 0 Å². The molecule has 114 valence electrons. The summed E-state index contributed by atoms with van der Waals surface area (Å²) in [5.74, 6) is -0.692. The van der Waals surface area contributed by atoms with Gasteiger partial charge in [0.2, 0.25) is 0 Å². The first-order valence-electron chi connectivity index (χ1n) is 6.39. The minimum atomic E-state index is -4.34. The van der Waals surface area contributed by atoms with E-state index in [0.717, 1.165) is 19.3 Å². The van der Waals surface area contributed by atoms with Gasteiger partial charge in [-0.2, -0.15) is 5.48 Å². The van der Waals surface area contributed by atoms with Crippen molar-refractivity contribution in [1.82, 2.24) is 5.48 Å². The molecule has 2 unspecified atom stereocenters. The second-order valence-electron chi connectivity index (χ2n) is 4.72. The number of carbonyl (C=O) groups is 1. The van der Waals surface area contributed by atoms with Gasteiger partial charge < -0.3 is 14.3 Å². The number of hydrogen-bond acceptors (Lipinski definition) is 5. The first kappa shape index (κ1) is 18.9. The summed E-state index contributed by atoms with van der Waals surface area (Å²) in [6.45, 7) is 2.03. The first-order chi connectivity index (χ1) is 8.76. The highest BCUT2D eigenvalue weighted by atomic mass is 35.7. The number of carbonyl (C=O) groups excluding carboxylic acids is 1. The summed E-state index contributed by atoms with van der Waals surface area (Å²) >= 11 is 5.01. The average molecular weight is 316 g/mol. The molecule has 0 rings (SSSR count). The second-order valence-corrected chi connectivity index (χ2v) is 7.08. The predicted octanol–water partition coefficient (Wildman–Crippen LogP) is 2.99. The Bertz CT molecular complexity index is 307. The van der Waals surface area contributed by atoms with Crippen LogP contribution in [0.15, 0.2) is 0 Å². The molecule has 0 aliphatic carbocycles. The van der Waals surface area contributed by atoms with Crippen molar-refractivity contribution in [1.29, 1.82) is 0 Å². The zero-order valence-corrected chi connectivity index (χ0v) is 13.2. The monoisotopic (exact) mass is 315 g/mol. The van der Waals surface area contributed by atoms with Crippen LogP contribution in [0, 0.1) is 5.92 Å². The highest BCUT2D eigenvalue weighted by Crippen LogP contribution is 2.47. The number of rotatable bonds is 10. The van der Waals surface area contributed by atoms with Crippen LogP contribution in [0.25, 0.3) is 0 Å². The number of halogens is 1. The van der Waals surface area contributed by atoms with E-state index in [1.54, 1.807) is 0 Å². The average Bonchev–Trinajstić information content (AvgIpc) is 2.24. The molecular formula is C11H23ClNO5P. The summed E-state index contributed by atoms with van der Waals surface area (Å²) in [7, 11) is 0. The molecule has 0 amide bonds. The number of unbranched alkanes of at least 4 members (excludes halogenated alkanes) is 2. The molecule has 2 atom stereocenters. The highest BCUT2D eigenvalue weighted by Gasteiger charge is 2.28. The third-order valence-electron chi connectivity index (χ3n) is 2.27. The quantitative estimate of drug-likeness (QED) is 0.366. The van der Waals surface area contributed by atoms with Gasteiger partial charge >= 0.3 is 12.9 Å². The molecule has 0 radical (unpaired) electrons. The Hall–Kier alpha value is -0.130. The van der Waals surface area contributed by atoms with Crippen molar-refractivity contribution in [2.75, 3.05) is 6.61 Å². The minimum Gasteiger partial charge on any atom is -0.379 e. The smallest absolute Gasteiger partial charge is 0.379 e. The van der Waals surface area contributed by atoms with E-state index in [9.17, 15) is 9.36 Å². The van der Waals surface area contributed by atoms with E-state index in [4.69, 9.17) is 21.0 Å². The SMILES string of the molecule is CCCCCONC(CC(C)C)C(=O)OP(=O)(O)Cl. The van der Waals surface area contributed by atoms with Gasteiger partial charge in [0, 0.05) is 11.2 Å². The summed E-state index contributed by atoms with van der Waals surface area (Å²) in [6.07, 6.45) is 3.40. The topological polar surface area (TPSA) is 84.9 Å². The zero-order chi connectivity index (χ0) is 14.9. The summed E-state index contributed by atoms with van der Waals surface area (Å²) in [6, 6.07) is -0.805. The minimum absolute atomic E-state index is 0.192. The van der Waals surface area contributed by atoms with Crippen molar-refractivity contribution in [3.05, 3.63) is 0 Å². The molecule has 0 aliphatic heterocycles. The van der Waals surface area contributed by atoms with Crippen LogP contribution in [0.3, 0.4) is 0 Å². The van der Waals surface area contributed by atoms with Crippen molar-refractivity contribution in [2.45, 2.75) is 52.5 Å². The normalized spacial score (nSPS) is 16.1. The Labute approximate surface area is 119 Å². The van der Waals surface area contributed by atoms with Gasteiger partial charge in [0.1, 0.15) is 6.04 Å². The lowest BCUT2D eigenvalue weighted by Gasteiger charge is -2.19. The Balaban J connectivity index is 4.22. The van der Waals surface area contributed by atoms with E-state index < -0.39 is 19.0 Å². The van der Waals surface area contributed by atoms with Gasteiger partial charge in [-0.25, -0.2) is 9.36 Å². The second kappa shape index (κ2) is 9.72. The van der Waals surface area contributed by atoms with Crippen molar-refractivity contribution in [2.24, 2.45) is 5.92 Å². The molecule has 8 heteroatoms. The fourth-order valence-electron chi connectivity index (χ4n) is 1.42.